The number of carbonyl (C=O) groups is 1. The van der Waals surface area contributed by atoms with Crippen molar-refractivity contribution in [2.75, 3.05) is 13.1 Å². The van der Waals surface area contributed by atoms with Crippen LogP contribution in [-0.4, -0.2) is 45.4 Å². The van der Waals surface area contributed by atoms with Crippen molar-refractivity contribution in [2.24, 2.45) is 5.92 Å². The van der Waals surface area contributed by atoms with Crippen LogP contribution in [0.5, 0.6) is 0 Å². The van der Waals surface area contributed by atoms with Gasteiger partial charge in [-0.3, -0.25) is 9.69 Å². The molecule has 140 valence electrons. The second kappa shape index (κ2) is 8.97. The number of fused-ring (bicyclic) bond motifs is 1. The van der Waals surface area contributed by atoms with Gasteiger partial charge in [0.1, 0.15) is 5.51 Å². The molecule has 0 aliphatic carbocycles. The lowest BCUT2D eigenvalue weighted by molar-refractivity contribution is -0.120. The first-order valence-electron chi connectivity index (χ1n) is 9.06. The molecule has 1 aliphatic rings. The highest BCUT2D eigenvalue weighted by atomic mass is 32.2. The normalized spacial score (nSPS) is 16.9. The van der Waals surface area contributed by atoms with E-state index < -0.39 is 0 Å². The van der Waals surface area contributed by atoms with E-state index in [1.807, 2.05) is 6.92 Å². The molecular weight excluding hydrogens is 364 g/mol. The SMILES string of the molecule is CC(C)[C@H](CNC(=O)[C@H](C)Sc1nncs1)N1CCc2ccccc2C1. The number of nitrogens with zero attached hydrogens (tertiary/aromatic N) is 3. The number of carbonyl (C=O) groups excluding carboxylic acids is 1. The molecule has 1 aromatic heterocycles. The Kier molecular flexibility index (Phi) is 6.67. The first kappa shape index (κ1) is 19.3. The first-order valence-corrected chi connectivity index (χ1v) is 10.8. The summed E-state index contributed by atoms with van der Waals surface area (Å²) in [6.45, 7) is 9.07. The summed E-state index contributed by atoms with van der Waals surface area (Å²) in [5.74, 6) is 0.542. The molecule has 5 nitrogen and oxygen atoms in total. The quantitative estimate of drug-likeness (QED) is 0.736. The van der Waals surface area contributed by atoms with Gasteiger partial charge in [-0.25, -0.2) is 0 Å². The summed E-state index contributed by atoms with van der Waals surface area (Å²) < 4.78 is 0.834. The van der Waals surface area contributed by atoms with Gasteiger partial charge in [-0.1, -0.05) is 61.2 Å². The van der Waals surface area contributed by atoms with E-state index in [1.165, 1.54) is 34.2 Å². The van der Waals surface area contributed by atoms with Gasteiger partial charge in [0.25, 0.3) is 0 Å². The van der Waals surface area contributed by atoms with E-state index in [2.05, 4.69) is 58.5 Å². The Balaban J connectivity index is 1.56. The molecule has 2 aromatic rings. The van der Waals surface area contributed by atoms with E-state index in [0.29, 0.717) is 18.5 Å². The third-order valence-electron chi connectivity index (χ3n) is 4.87. The van der Waals surface area contributed by atoms with Gasteiger partial charge in [0, 0.05) is 25.7 Å². The van der Waals surface area contributed by atoms with E-state index >= 15 is 0 Å². The van der Waals surface area contributed by atoms with Crippen LogP contribution in [0.3, 0.4) is 0 Å². The van der Waals surface area contributed by atoms with Crippen LogP contribution >= 0.6 is 23.1 Å². The van der Waals surface area contributed by atoms with Crippen molar-refractivity contribution in [3.8, 4) is 0 Å². The highest BCUT2D eigenvalue weighted by molar-refractivity contribution is 8.02. The fraction of sp³-hybridized carbons (Fsp3) is 0.526. The number of thioether (sulfide) groups is 1. The Morgan fingerprint density at radius 1 is 1.31 bits per heavy atom. The van der Waals surface area contributed by atoms with Crippen LogP contribution in [0.1, 0.15) is 31.9 Å². The van der Waals surface area contributed by atoms with E-state index in [1.54, 1.807) is 5.51 Å². The van der Waals surface area contributed by atoms with E-state index in [9.17, 15) is 4.79 Å². The van der Waals surface area contributed by atoms with Gasteiger partial charge < -0.3 is 5.32 Å². The lowest BCUT2D eigenvalue weighted by Gasteiger charge is -2.38. The topological polar surface area (TPSA) is 58.1 Å². The number of nitrogens with one attached hydrogen (secondary N) is 1. The van der Waals surface area contributed by atoms with Crippen molar-refractivity contribution in [1.29, 1.82) is 0 Å². The zero-order valence-corrected chi connectivity index (χ0v) is 17.1. The predicted molar refractivity (Wildman–Crippen MR) is 107 cm³/mol. The van der Waals surface area contributed by atoms with Crippen LogP contribution < -0.4 is 5.32 Å². The molecular formula is C19H26N4OS2. The maximum atomic E-state index is 12.5. The molecule has 0 spiro atoms. The van der Waals surface area contributed by atoms with Gasteiger partial charge in [0.05, 0.1) is 5.25 Å². The second-order valence-corrected chi connectivity index (χ2v) is 9.43. The molecule has 2 atom stereocenters. The first-order chi connectivity index (χ1) is 12.5. The minimum absolute atomic E-state index is 0.0632. The van der Waals surface area contributed by atoms with Crippen LogP contribution in [0.25, 0.3) is 0 Å². The Bertz CT molecular complexity index is 720. The van der Waals surface area contributed by atoms with Crippen molar-refractivity contribution in [1.82, 2.24) is 20.4 Å². The average Bonchev–Trinajstić information content (AvgIpc) is 3.14. The molecule has 26 heavy (non-hydrogen) atoms. The fourth-order valence-electron chi connectivity index (χ4n) is 3.35. The van der Waals surface area contributed by atoms with Crippen molar-refractivity contribution in [3.05, 3.63) is 40.9 Å². The van der Waals surface area contributed by atoms with Gasteiger partial charge in [-0.05, 0) is 30.4 Å². The minimum Gasteiger partial charge on any atom is -0.354 e. The molecule has 7 heteroatoms. The van der Waals surface area contributed by atoms with Gasteiger partial charge in [-0.2, -0.15) is 0 Å². The molecule has 1 aliphatic heterocycles. The number of benzene rings is 1. The molecule has 1 amide bonds. The van der Waals surface area contributed by atoms with Crippen LogP contribution in [0, 0.1) is 5.92 Å². The van der Waals surface area contributed by atoms with Gasteiger partial charge in [0.2, 0.25) is 5.91 Å². The number of aromatic nitrogens is 2. The summed E-state index contributed by atoms with van der Waals surface area (Å²) in [6.07, 6.45) is 1.08. The Morgan fingerprint density at radius 3 is 2.77 bits per heavy atom. The summed E-state index contributed by atoms with van der Waals surface area (Å²) >= 11 is 2.93. The van der Waals surface area contributed by atoms with E-state index in [4.69, 9.17) is 0 Å². The standard InChI is InChI=1S/C19H26N4OS2/c1-13(2)17(23-9-8-15-6-4-5-7-16(15)11-23)10-20-18(24)14(3)26-19-22-21-12-25-19/h4-7,12-14,17H,8-11H2,1-3H3,(H,20,24)/t14-,17-/m0/s1. The zero-order chi connectivity index (χ0) is 18.5. The monoisotopic (exact) mass is 390 g/mol. The molecule has 2 heterocycles. The fourth-order valence-corrected chi connectivity index (χ4v) is 5.01. The summed E-state index contributed by atoms with van der Waals surface area (Å²) in [5.41, 5.74) is 4.56. The summed E-state index contributed by atoms with van der Waals surface area (Å²) in [4.78, 5) is 15.0. The van der Waals surface area contributed by atoms with Crippen molar-refractivity contribution >= 4 is 29.0 Å². The molecule has 1 N–H and O–H groups in total. The molecule has 1 aromatic carbocycles. The van der Waals surface area contributed by atoms with Gasteiger partial charge in [0.15, 0.2) is 4.34 Å². The number of hydrogen-bond donors (Lipinski definition) is 1. The smallest absolute Gasteiger partial charge is 0.233 e. The predicted octanol–water partition coefficient (Wildman–Crippen LogP) is 3.22. The number of amides is 1. The van der Waals surface area contributed by atoms with Crippen LogP contribution in [0.2, 0.25) is 0 Å². The third-order valence-corrected chi connectivity index (χ3v) is 6.78. The highest BCUT2D eigenvalue weighted by Gasteiger charge is 2.27. The van der Waals surface area contributed by atoms with Crippen LogP contribution in [0.15, 0.2) is 34.1 Å². The van der Waals surface area contributed by atoms with E-state index in [-0.39, 0.29) is 11.2 Å². The Hall–Kier alpha value is -1.44. The molecule has 3 rings (SSSR count). The number of rotatable bonds is 7. The molecule has 0 saturated heterocycles. The van der Waals surface area contributed by atoms with E-state index in [0.717, 1.165) is 23.8 Å². The molecule has 0 unspecified atom stereocenters. The molecule has 0 fully saturated rings. The Morgan fingerprint density at radius 2 is 2.08 bits per heavy atom. The molecule has 0 saturated carbocycles. The van der Waals surface area contributed by atoms with Crippen LogP contribution in [-0.2, 0) is 17.8 Å². The largest absolute Gasteiger partial charge is 0.354 e. The minimum atomic E-state index is -0.169. The lowest BCUT2D eigenvalue weighted by atomic mass is 9.95. The van der Waals surface area contributed by atoms with Gasteiger partial charge in [-0.15, -0.1) is 10.2 Å². The van der Waals surface area contributed by atoms with Crippen molar-refractivity contribution in [2.45, 2.75) is 49.4 Å². The summed E-state index contributed by atoms with van der Waals surface area (Å²) in [5, 5.41) is 10.8. The van der Waals surface area contributed by atoms with Crippen LogP contribution in [0.4, 0.5) is 0 Å². The van der Waals surface area contributed by atoms with Gasteiger partial charge >= 0.3 is 0 Å². The zero-order valence-electron chi connectivity index (χ0n) is 15.5. The highest BCUT2D eigenvalue weighted by Crippen LogP contribution is 2.25. The molecule has 0 bridgehead atoms. The average molecular weight is 391 g/mol. The maximum Gasteiger partial charge on any atom is 0.233 e. The van der Waals surface area contributed by atoms with Crippen molar-refractivity contribution in [3.63, 3.8) is 0 Å². The lowest BCUT2D eigenvalue weighted by Crippen LogP contribution is -2.49. The Labute approximate surface area is 163 Å². The van der Waals surface area contributed by atoms with Crippen molar-refractivity contribution < 1.29 is 4.79 Å². The number of hydrogen-bond acceptors (Lipinski definition) is 6. The second-order valence-electron chi connectivity index (χ2n) is 7.01. The summed E-state index contributed by atoms with van der Waals surface area (Å²) in [7, 11) is 0. The maximum absolute atomic E-state index is 12.5. The molecule has 0 radical (unpaired) electrons. The third kappa shape index (κ3) is 4.84. The summed E-state index contributed by atoms with van der Waals surface area (Å²) in [6, 6.07) is 9.02.